The monoisotopic (exact) mass is 291 g/mol. The summed E-state index contributed by atoms with van der Waals surface area (Å²) in [6.07, 6.45) is 1.36. The molecule has 0 saturated heterocycles. The summed E-state index contributed by atoms with van der Waals surface area (Å²) >= 11 is 0. The van der Waals surface area contributed by atoms with Gasteiger partial charge in [-0.15, -0.1) is 0 Å². The summed E-state index contributed by atoms with van der Waals surface area (Å²) < 4.78 is 0. The van der Waals surface area contributed by atoms with Crippen molar-refractivity contribution in [2.75, 3.05) is 25.0 Å². The number of rotatable bonds is 9. The molecule has 1 atom stereocenters. The molecule has 0 aliphatic heterocycles. The molecule has 0 spiro atoms. The largest absolute Gasteiger partial charge is 0.330 e. The van der Waals surface area contributed by atoms with Gasteiger partial charge >= 0.3 is 0 Å². The summed E-state index contributed by atoms with van der Waals surface area (Å²) in [5.74, 6) is 0.458. The van der Waals surface area contributed by atoms with E-state index in [0.717, 1.165) is 31.7 Å². The lowest BCUT2D eigenvalue weighted by atomic mass is 10.1. The number of nitrogens with two attached hydrogens (primary N) is 1. The van der Waals surface area contributed by atoms with E-state index in [0.29, 0.717) is 18.9 Å². The second-order valence-corrected chi connectivity index (χ2v) is 5.59. The quantitative estimate of drug-likeness (QED) is 0.735. The zero-order valence-electron chi connectivity index (χ0n) is 13.6. The van der Waals surface area contributed by atoms with Gasteiger partial charge in [-0.25, -0.2) is 0 Å². The molecular formula is C17H29N3O. The Morgan fingerprint density at radius 3 is 2.67 bits per heavy atom. The molecule has 0 heterocycles. The van der Waals surface area contributed by atoms with Crippen molar-refractivity contribution in [3.63, 3.8) is 0 Å². The normalized spacial score (nSPS) is 12.4. The zero-order valence-corrected chi connectivity index (χ0v) is 13.6. The molecule has 3 N–H and O–H groups in total. The minimum Gasteiger partial charge on any atom is -0.330 e. The van der Waals surface area contributed by atoms with E-state index in [1.165, 1.54) is 5.56 Å². The molecule has 0 fully saturated rings. The van der Waals surface area contributed by atoms with Gasteiger partial charge < -0.3 is 11.1 Å². The molecule has 0 aliphatic rings. The van der Waals surface area contributed by atoms with Crippen molar-refractivity contribution in [3.8, 4) is 0 Å². The van der Waals surface area contributed by atoms with Crippen LogP contribution in [0.4, 0.5) is 5.69 Å². The summed E-state index contributed by atoms with van der Waals surface area (Å²) in [5.41, 5.74) is 7.68. The average Bonchev–Trinajstić information content (AvgIpc) is 2.50. The molecule has 1 amide bonds. The number of carbonyl (C=O) groups excluding carboxylic acids is 1. The van der Waals surface area contributed by atoms with Gasteiger partial charge in [-0.3, -0.25) is 9.69 Å². The Morgan fingerprint density at radius 1 is 1.33 bits per heavy atom. The molecule has 1 rings (SSSR count). The van der Waals surface area contributed by atoms with Crippen LogP contribution in [0.15, 0.2) is 24.3 Å². The summed E-state index contributed by atoms with van der Waals surface area (Å²) in [6.45, 7) is 10.0. The fraction of sp³-hybridized carbons (Fsp3) is 0.588. The van der Waals surface area contributed by atoms with Gasteiger partial charge in [0.1, 0.15) is 0 Å². The third kappa shape index (κ3) is 6.74. The second kappa shape index (κ2) is 9.53. The van der Waals surface area contributed by atoms with Gasteiger partial charge in [0.25, 0.3) is 0 Å². The molecule has 0 bridgehead atoms. The van der Waals surface area contributed by atoms with Gasteiger partial charge in [-0.05, 0) is 49.7 Å². The minimum atomic E-state index is 0.0651. The summed E-state index contributed by atoms with van der Waals surface area (Å²) in [5, 5.41) is 2.97. The smallest absolute Gasteiger partial charge is 0.224 e. The molecule has 1 aromatic rings. The molecule has 118 valence electrons. The topological polar surface area (TPSA) is 58.4 Å². The number of hydrogen-bond donors (Lipinski definition) is 2. The van der Waals surface area contributed by atoms with Crippen LogP contribution in [0.2, 0.25) is 0 Å². The molecule has 1 aromatic carbocycles. The van der Waals surface area contributed by atoms with E-state index >= 15 is 0 Å². The Hall–Kier alpha value is -1.39. The maximum atomic E-state index is 11.9. The summed E-state index contributed by atoms with van der Waals surface area (Å²) in [7, 11) is 0. The zero-order chi connectivity index (χ0) is 15.7. The van der Waals surface area contributed by atoms with E-state index < -0.39 is 0 Å². The Kier molecular flexibility index (Phi) is 8.01. The molecule has 0 saturated carbocycles. The lowest BCUT2D eigenvalue weighted by Crippen LogP contribution is -2.22. The highest BCUT2D eigenvalue weighted by Crippen LogP contribution is 2.14. The molecule has 4 heteroatoms. The average molecular weight is 291 g/mol. The molecule has 21 heavy (non-hydrogen) atoms. The predicted molar refractivity (Wildman–Crippen MR) is 89.1 cm³/mol. The SMILES string of the molecule is CCN(CC)Cc1cccc(NC(=O)CCC(C)CN)c1. The van der Waals surface area contributed by atoms with Crippen LogP contribution < -0.4 is 11.1 Å². The molecule has 0 aromatic heterocycles. The van der Waals surface area contributed by atoms with Crippen molar-refractivity contribution in [1.29, 1.82) is 0 Å². The Bertz CT molecular complexity index is 430. The van der Waals surface area contributed by atoms with Gasteiger partial charge in [-0.1, -0.05) is 32.9 Å². The van der Waals surface area contributed by atoms with Crippen LogP contribution in [0.25, 0.3) is 0 Å². The van der Waals surface area contributed by atoms with E-state index in [9.17, 15) is 4.79 Å². The van der Waals surface area contributed by atoms with Crippen molar-refractivity contribution in [1.82, 2.24) is 4.90 Å². The van der Waals surface area contributed by atoms with Gasteiger partial charge in [0.05, 0.1) is 0 Å². The predicted octanol–water partition coefficient (Wildman–Crippen LogP) is 2.84. The maximum absolute atomic E-state index is 11.9. The molecule has 0 radical (unpaired) electrons. The maximum Gasteiger partial charge on any atom is 0.224 e. The third-order valence-corrected chi connectivity index (χ3v) is 3.78. The van der Waals surface area contributed by atoms with Crippen LogP contribution in [0.1, 0.15) is 39.2 Å². The van der Waals surface area contributed by atoms with Crippen molar-refractivity contribution < 1.29 is 4.79 Å². The number of carbonyl (C=O) groups is 1. The Labute approximate surface area is 128 Å². The highest BCUT2D eigenvalue weighted by molar-refractivity contribution is 5.90. The van der Waals surface area contributed by atoms with Gasteiger partial charge in [0.15, 0.2) is 0 Å². The number of amides is 1. The molecular weight excluding hydrogens is 262 g/mol. The van der Waals surface area contributed by atoms with Crippen molar-refractivity contribution in [2.24, 2.45) is 11.7 Å². The van der Waals surface area contributed by atoms with Crippen LogP contribution in [0.3, 0.4) is 0 Å². The van der Waals surface area contributed by atoms with Crippen molar-refractivity contribution in [3.05, 3.63) is 29.8 Å². The first-order valence-corrected chi connectivity index (χ1v) is 7.90. The summed E-state index contributed by atoms with van der Waals surface area (Å²) in [6, 6.07) is 8.10. The standard InChI is InChI=1S/C17H29N3O/c1-4-20(5-2)13-15-7-6-8-16(11-15)19-17(21)10-9-14(3)12-18/h6-8,11,14H,4-5,9-10,12-13,18H2,1-3H3,(H,19,21). The number of nitrogens with one attached hydrogen (secondary N) is 1. The fourth-order valence-corrected chi connectivity index (χ4v) is 2.17. The summed E-state index contributed by atoms with van der Waals surface area (Å²) in [4.78, 5) is 14.3. The van der Waals surface area contributed by atoms with E-state index in [4.69, 9.17) is 5.73 Å². The second-order valence-electron chi connectivity index (χ2n) is 5.59. The van der Waals surface area contributed by atoms with E-state index in [1.807, 2.05) is 12.1 Å². The Balaban J connectivity index is 2.54. The highest BCUT2D eigenvalue weighted by Gasteiger charge is 2.07. The van der Waals surface area contributed by atoms with Crippen molar-refractivity contribution >= 4 is 11.6 Å². The van der Waals surface area contributed by atoms with Gasteiger partial charge in [0.2, 0.25) is 5.91 Å². The number of hydrogen-bond acceptors (Lipinski definition) is 3. The first kappa shape index (κ1) is 17.7. The van der Waals surface area contributed by atoms with E-state index in [2.05, 4.69) is 43.1 Å². The molecule has 0 aliphatic carbocycles. The van der Waals surface area contributed by atoms with E-state index in [1.54, 1.807) is 0 Å². The number of anilines is 1. The van der Waals surface area contributed by atoms with Crippen LogP contribution in [0.5, 0.6) is 0 Å². The first-order valence-electron chi connectivity index (χ1n) is 7.90. The lowest BCUT2D eigenvalue weighted by molar-refractivity contribution is -0.116. The van der Waals surface area contributed by atoms with Gasteiger partial charge in [-0.2, -0.15) is 0 Å². The molecule has 4 nitrogen and oxygen atoms in total. The minimum absolute atomic E-state index is 0.0651. The fourth-order valence-electron chi connectivity index (χ4n) is 2.17. The Morgan fingerprint density at radius 2 is 2.05 bits per heavy atom. The lowest BCUT2D eigenvalue weighted by Gasteiger charge is -2.18. The van der Waals surface area contributed by atoms with Crippen LogP contribution >= 0.6 is 0 Å². The first-order chi connectivity index (χ1) is 10.1. The van der Waals surface area contributed by atoms with Crippen molar-refractivity contribution in [2.45, 2.75) is 40.2 Å². The van der Waals surface area contributed by atoms with Gasteiger partial charge in [0, 0.05) is 18.7 Å². The third-order valence-electron chi connectivity index (χ3n) is 3.78. The number of benzene rings is 1. The van der Waals surface area contributed by atoms with Crippen LogP contribution in [-0.2, 0) is 11.3 Å². The van der Waals surface area contributed by atoms with E-state index in [-0.39, 0.29) is 5.91 Å². The number of nitrogens with zero attached hydrogens (tertiary/aromatic N) is 1. The van der Waals surface area contributed by atoms with Crippen LogP contribution in [-0.4, -0.2) is 30.4 Å². The highest BCUT2D eigenvalue weighted by atomic mass is 16.1. The molecule has 1 unspecified atom stereocenters. The van der Waals surface area contributed by atoms with Crippen LogP contribution in [0, 0.1) is 5.92 Å².